The van der Waals surface area contributed by atoms with Crippen molar-refractivity contribution in [1.82, 2.24) is 5.32 Å². The Kier molecular flexibility index (Phi) is 7.73. The third-order valence-electron chi connectivity index (χ3n) is 6.49. The summed E-state index contributed by atoms with van der Waals surface area (Å²) in [6, 6.07) is 23.7. The fourth-order valence-corrected chi connectivity index (χ4v) is 4.60. The van der Waals surface area contributed by atoms with Gasteiger partial charge in [-0.05, 0) is 60.7 Å². The zero-order valence-corrected chi connectivity index (χ0v) is 19.5. The van der Waals surface area contributed by atoms with E-state index in [0.717, 1.165) is 48.1 Å². The topological polar surface area (TPSA) is 49.4 Å². The molecule has 0 spiro atoms. The van der Waals surface area contributed by atoms with E-state index in [9.17, 15) is 14.0 Å². The fourth-order valence-electron chi connectivity index (χ4n) is 4.60. The number of hydrogen-bond acceptors (Lipinski definition) is 2. The Morgan fingerprint density at radius 2 is 1.65 bits per heavy atom. The average molecular weight is 459 g/mol. The standard InChI is InChI=1S/C29H31FN2O2/c1-21(24-9-3-2-4-10-24)31-28(33)19-23-8-7-13-27(18-23)32(29(34)25-11-5-6-12-25)20-22-14-16-26(30)17-15-22/h2-4,7-10,13-18,21,25H,5-6,11-12,19-20H2,1H3,(H,31,33)/t21-/m1/s1. The lowest BCUT2D eigenvalue weighted by Crippen LogP contribution is -2.35. The van der Waals surface area contributed by atoms with Crippen LogP contribution in [0.2, 0.25) is 0 Å². The first-order valence-electron chi connectivity index (χ1n) is 12.0. The Bertz CT molecular complexity index is 1110. The Balaban J connectivity index is 1.50. The van der Waals surface area contributed by atoms with Crippen molar-refractivity contribution < 1.29 is 14.0 Å². The third kappa shape index (κ3) is 6.10. The first kappa shape index (κ1) is 23.7. The summed E-state index contributed by atoms with van der Waals surface area (Å²) in [6.07, 6.45) is 4.17. The molecule has 1 N–H and O–H groups in total. The van der Waals surface area contributed by atoms with Crippen LogP contribution in [-0.4, -0.2) is 11.8 Å². The lowest BCUT2D eigenvalue weighted by molar-refractivity contribution is -0.122. The minimum absolute atomic E-state index is 0.0131. The molecule has 0 aliphatic heterocycles. The third-order valence-corrected chi connectivity index (χ3v) is 6.49. The predicted molar refractivity (Wildman–Crippen MR) is 133 cm³/mol. The Hall–Kier alpha value is -3.47. The van der Waals surface area contributed by atoms with E-state index in [-0.39, 0.29) is 36.0 Å². The van der Waals surface area contributed by atoms with Gasteiger partial charge in [0.1, 0.15) is 5.82 Å². The summed E-state index contributed by atoms with van der Waals surface area (Å²) in [5.74, 6) is -0.254. The van der Waals surface area contributed by atoms with Crippen molar-refractivity contribution in [3.05, 3.63) is 101 Å². The van der Waals surface area contributed by atoms with Crippen LogP contribution in [0, 0.1) is 11.7 Å². The van der Waals surface area contributed by atoms with E-state index in [1.807, 2.05) is 61.5 Å². The second kappa shape index (κ2) is 11.1. The normalized spacial score (nSPS) is 14.5. The highest BCUT2D eigenvalue weighted by molar-refractivity contribution is 5.95. The monoisotopic (exact) mass is 458 g/mol. The molecular formula is C29H31FN2O2. The van der Waals surface area contributed by atoms with E-state index < -0.39 is 0 Å². The number of carbonyl (C=O) groups excluding carboxylic acids is 2. The summed E-state index contributed by atoms with van der Waals surface area (Å²) in [4.78, 5) is 27.9. The smallest absolute Gasteiger partial charge is 0.230 e. The summed E-state index contributed by atoms with van der Waals surface area (Å²) < 4.78 is 13.4. The highest BCUT2D eigenvalue weighted by Crippen LogP contribution is 2.30. The van der Waals surface area contributed by atoms with Gasteiger partial charge in [-0.2, -0.15) is 0 Å². The van der Waals surface area contributed by atoms with E-state index in [1.165, 1.54) is 12.1 Å². The molecule has 1 saturated carbocycles. The van der Waals surface area contributed by atoms with Crippen LogP contribution in [0.25, 0.3) is 0 Å². The van der Waals surface area contributed by atoms with E-state index in [4.69, 9.17) is 0 Å². The zero-order chi connectivity index (χ0) is 23.9. The number of nitrogens with one attached hydrogen (secondary N) is 1. The summed E-state index contributed by atoms with van der Waals surface area (Å²) in [6.45, 7) is 2.34. The van der Waals surface area contributed by atoms with Gasteiger partial charge in [0.25, 0.3) is 0 Å². The van der Waals surface area contributed by atoms with Gasteiger partial charge in [-0.15, -0.1) is 0 Å². The Morgan fingerprint density at radius 3 is 2.35 bits per heavy atom. The Labute approximate surface area is 200 Å². The maximum absolute atomic E-state index is 13.4. The highest BCUT2D eigenvalue weighted by Gasteiger charge is 2.28. The molecule has 1 aliphatic carbocycles. The van der Waals surface area contributed by atoms with Gasteiger partial charge in [-0.1, -0.05) is 67.4 Å². The Morgan fingerprint density at radius 1 is 0.941 bits per heavy atom. The van der Waals surface area contributed by atoms with Gasteiger partial charge in [0.15, 0.2) is 0 Å². The summed E-state index contributed by atoms with van der Waals surface area (Å²) >= 11 is 0. The number of amides is 2. The molecule has 4 rings (SSSR count). The van der Waals surface area contributed by atoms with Crippen LogP contribution >= 0.6 is 0 Å². The first-order valence-corrected chi connectivity index (χ1v) is 12.0. The van der Waals surface area contributed by atoms with Crippen molar-refractivity contribution >= 4 is 17.5 Å². The number of hydrogen-bond donors (Lipinski definition) is 1. The number of halogens is 1. The average Bonchev–Trinajstić information content (AvgIpc) is 3.39. The van der Waals surface area contributed by atoms with Crippen molar-refractivity contribution in [2.45, 2.75) is 51.6 Å². The van der Waals surface area contributed by atoms with Crippen LogP contribution in [0.3, 0.4) is 0 Å². The first-order chi connectivity index (χ1) is 16.5. The van der Waals surface area contributed by atoms with Gasteiger partial charge in [-0.25, -0.2) is 4.39 Å². The molecule has 1 fully saturated rings. The van der Waals surface area contributed by atoms with Crippen LogP contribution in [0.1, 0.15) is 55.3 Å². The van der Waals surface area contributed by atoms with Gasteiger partial charge in [0.2, 0.25) is 11.8 Å². The molecule has 4 nitrogen and oxygen atoms in total. The fraction of sp³-hybridized carbons (Fsp3) is 0.310. The molecule has 3 aromatic carbocycles. The van der Waals surface area contributed by atoms with Crippen molar-refractivity contribution in [2.24, 2.45) is 5.92 Å². The maximum atomic E-state index is 13.4. The maximum Gasteiger partial charge on any atom is 0.230 e. The molecule has 1 atom stereocenters. The second-order valence-electron chi connectivity index (χ2n) is 9.08. The van der Waals surface area contributed by atoms with E-state index >= 15 is 0 Å². The molecule has 0 aromatic heterocycles. The van der Waals surface area contributed by atoms with Gasteiger partial charge in [0, 0.05) is 11.6 Å². The molecule has 0 radical (unpaired) electrons. The molecule has 0 saturated heterocycles. The predicted octanol–water partition coefficient (Wildman–Crippen LogP) is 5.97. The summed E-state index contributed by atoms with van der Waals surface area (Å²) in [7, 11) is 0. The molecule has 0 unspecified atom stereocenters. The van der Waals surface area contributed by atoms with E-state index in [0.29, 0.717) is 6.54 Å². The number of nitrogens with zero attached hydrogens (tertiary/aromatic N) is 1. The minimum Gasteiger partial charge on any atom is -0.349 e. The number of anilines is 1. The van der Waals surface area contributed by atoms with Crippen molar-refractivity contribution in [3.8, 4) is 0 Å². The van der Waals surface area contributed by atoms with Crippen LogP contribution in [0.5, 0.6) is 0 Å². The van der Waals surface area contributed by atoms with Gasteiger partial charge < -0.3 is 10.2 Å². The van der Waals surface area contributed by atoms with Gasteiger partial charge in [0.05, 0.1) is 19.0 Å². The zero-order valence-electron chi connectivity index (χ0n) is 19.5. The van der Waals surface area contributed by atoms with E-state index in [1.54, 1.807) is 17.0 Å². The quantitative estimate of drug-likeness (QED) is 0.452. The van der Waals surface area contributed by atoms with Crippen LogP contribution in [0.4, 0.5) is 10.1 Å². The molecule has 0 bridgehead atoms. The summed E-state index contributed by atoms with van der Waals surface area (Å²) in [5, 5.41) is 3.05. The molecule has 1 aliphatic rings. The van der Waals surface area contributed by atoms with Crippen LogP contribution in [-0.2, 0) is 22.6 Å². The molecule has 0 heterocycles. The molecule has 34 heavy (non-hydrogen) atoms. The van der Waals surface area contributed by atoms with Gasteiger partial charge >= 0.3 is 0 Å². The van der Waals surface area contributed by atoms with E-state index in [2.05, 4.69) is 5.32 Å². The summed E-state index contributed by atoms with van der Waals surface area (Å²) in [5.41, 5.74) is 3.53. The minimum atomic E-state index is -0.296. The SMILES string of the molecule is C[C@@H](NC(=O)Cc1cccc(N(Cc2ccc(F)cc2)C(=O)C2CCCC2)c1)c1ccccc1. The van der Waals surface area contributed by atoms with Crippen molar-refractivity contribution in [3.63, 3.8) is 0 Å². The van der Waals surface area contributed by atoms with Crippen LogP contribution < -0.4 is 10.2 Å². The number of rotatable bonds is 8. The molecule has 2 amide bonds. The van der Waals surface area contributed by atoms with Crippen LogP contribution in [0.15, 0.2) is 78.9 Å². The molecular weight excluding hydrogens is 427 g/mol. The van der Waals surface area contributed by atoms with Gasteiger partial charge in [-0.3, -0.25) is 9.59 Å². The second-order valence-corrected chi connectivity index (χ2v) is 9.08. The molecule has 176 valence electrons. The largest absolute Gasteiger partial charge is 0.349 e. The number of carbonyl (C=O) groups is 2. The molecule has 5 heteroatoms. The molecule has 3 aromatic rings. The number of benzene rings is 3. The lowest BCUT2D eigenvalue weighted by Gasteiger charge is -2.26. The highest BCUT2D eigenvalue weighted by atomic mass is 19.1. The van der Waals surface area contributed by atoms with Crippen molar-refractivity contribution in [2.75, 3.05) is 4.90 Å². The lowest BCUT2D eigenvalue weighted by atomic mass is 10.0. The van der Waals surface area contributed by atoms with Crippen molar-refractivity contribution in [1.29, 1.82) is 0 Å².